The van der Waals surface area contributed by atoms with Crippen molar-refractivity contribution in [2.75, 3.05) is 6.61 Å². The Kier molecular flexibility index (Phi) is 5.56. The minimum Gasteiger partial charge on any atom is -0.483 e. The molecule has 8 heteroatoms. The van der Waals surface area contributed by atoms with Gasteiger partial charge in [-0.2, -0.15) is 0 Å². The Hall–Kier alpha value is -3.29. The quantitative estimate of drug-likeness (QED) is 0.476. The molecule has 0 aliphatic carbocycles. The Morgan fingerprint density at radius 1 is 1.25 bits per heavy atom. The molecule has 1 N–H and O–H groups in total. The Bertz CT molecular complexity index is 762. The molecule has 0 spiro atoms. The van der Waals surface area contributed by atoms with Crippen LogP contribution in [0.1, 0.15) is 15.9 Å². The lowest BCUT2D eigenvalue weighted by molar-refractivity contribution is -0.384. The molecular formula is C16H13FN2O5. The van der Waals surface area contributed by atoms with Crippen molar-refractivity contribution < 1.29 is 23.6 Å². The van der Waals surface area contributed by atoms with Crippen LogP contribution in [-0.2, 0) is 11.3 Å². The molecule has 1 amide bonds. The number of carbonyl (C=O) groups excluding carboxylic acids is 2. The Morgan fingerprint density at radius 2 is 1.96 bits per heavy atom. The largest absolute Gasteiger partial charge is 0.483 e. The molecule has 0 bridgehead atoms. The zero-order valence-electron chi connectivity index (χ0n) is 12.4. The second kappa shape index (κ2) is 7.82. The molecule has 0 unspecified atom stereocenters. The van der Waals surface area contributed by atoms with Crippen molar-refractivity contribution in [1.29, 1.82) is 0 Å². The maximum absolute atomic E-state index is 12.8. The maximum atomic E-state index is 12.8. The molecule has 0 atom stereocenters. The molecule has 2 aromatic rings. The van der Waals surface area contributed by atoms with Gasteiger partial charge in [0, 0.05) is 18.7 Å². The van der Waals surface area contributed by atoms with E-state index in [4.69, 9.17) is 4.74 Å². The van der Waals surface area contributed by atoms with Gasteiger partial charge in [0.1, 0.15) is 11.6 Å². The van der Waals surface area contributed by atoms with Crippen molar-refractivity contribution in [3.8, 4) is 5.75 Å². The summed E-state index contributed by atoms with van der Waals surface area (Å²) in [6.45, 7) is -0.164. The van der Waals surface area contributed by atoms with E-state index in [0.29, 0.717) is 11.8 Å². The van der Waals surface area contributed by atoms with Crippen LogP contribution in [-0.4, -0.2) is 23.7 Å². The highest BCUT2D eigenvalue weighted by Crippen LogP contribution is 2.22. The fourth-order valence-corrected chi connectivity index (χ4v) is 1.87. The third kappa shape index (κ3) is 4.60. The summed E-state index contributed by atoms with van der Waals surface area (Å²) < 4.78 is 18.0. The van der Waals surface area contributed by atoms with Gasteiger partial charge in [-0.05, 0) is 23.8 Å². The summed E-state index contributed by atoms with van der Waals surface area (Å²) in [6, 6.07) is 9.15. The van der Waals surface area contributed by atoms with Crippen LogP contribution in [0, 0.1) is 15.9 Å². The highest BCUT2D eigenvalue weighted by molar-refractivity contribution is 5.81. The van der Waals surface area contributed by atoms with E-state index in [2.05, 4.69) is 5.32 Å². The number of hydrogen-bond acceptors (Lipinski definition) is 5. The minimum atomic E-state index is -0.633. The molecular weight excluding hydrogens is 319 g/mol. The maximum Gasteiger partial charge on any atom is 0.270 e. The first-order valence-electron chi connectivity index (χ1n) is 6.87. The van der Waals surface area contributed by atoms with Crippen molar-refractivity contribution in [1.82, 2.24) is 5.32 Å². The number of amides is 1. The molecule has 24 heavy (non-hydrogen) atoms. The van der Waals surface area contributed by atoms with E-state index in [0.717, 1.165) is 6.07 Å². The van der Waals surface area contributed by atoms with Gasteiger partial charge in [0.25, 0.3) is 11.6 Å². The monoisotopic (exact) mass is 332 g/mol. The molecule has 0 heterocycles. The number of nitrogens with zero attached hydrogens (tertiary/aromatic N) is 1. The van der Waals surface area contributed by atoms with Gasteiger partial charge in [-0.15, -0.1) is 0 Å². The van der Waals surface area contributed by atoms with E-state index in [1.165, 1.54) is 36.4 Å². The van der Waals surface area contributed by atoms with Crippen molar-refractivity contribution in [3.63, 3.8) is 0 Å². The summed E-state index contributed by atoms with van der Waals surface area (Å²) in [6.07, 6.45) is 0.415. The summed E-state index contributed by atoms with van der Waals surface area (Å²) >= 11 is 0. The molecule has 0 radical (unpaired) electrons. The summed E-state index contributed by atoms with van der Waals surface area (Å²) in [4.78, 5) is 32.7. The van der Waals surface area contributed by atoms with Crippen LogP contribution in [0.4, 0.5) is 10.1 Å². The lowest BCUT2D eigenvalue weighted by atomic mass is 10.2. The number of ether oxygens (including phenoxy) is 1. The molecule has 0 saturated carbocycles. The van der Waals surface area contributed by atoms with E-state index in [-0.39, 0.29) is 36.0 Å². The van der Waals surface area contributed by atoms with Gasteiger partial charge in [0.05, 0.1) is 10.5 Å². The van der Waals surface area contributed by atoms with E-state index >= 15 is 0 Å². The van der Waals surface area contributed by atoms with Crippen LogP contribution < -0.4 is 10.1 Å². The zero-order valence-corrected chi connectivity index (χ0v) is 12.4. The third-order valence-corrected chi connectivity index (χ3v) is 3.09. The first-order chi connectivity index (χ1) is 11.5. The summed E-state index contributed by atoms with van der Waals surface area (Å²) in [5, 5.41) is 13.2. The van der Waals surface area contributed by atoms with Crippen molar-refractivity contribution in [3.05, 3.63) is 69.5 Å². The average Bonchev–Trinajstić information content (AvgIpc) is 2.59. The number of halogens is 1. The first-order valence-corrected chi connectivity index (χ1v) is 6.87. The predicted molar refractivity (Wildman–Crippen MR) is 82.2 cm³/mol. The SMILES string of the molecule is O=Cc1cc([N+](=O)[O-])ccc1OCC(=O)NCc1ccc(F)cc1. The fraction of sp³-hybridized carbons (Fsp3) is 0.125. The molecule has 7 nitrogen and oxygen atoms in total. The Labute approximate surface area is 136 Å². The summed E-state index contributed by atoms with van der Waals surface area (Å²) in [7, 11) is 0. The second-order valence-electron chi connectivity index (χ2n) is 4.79. The van der Waals surface area contributed by atoms with Gasteiger partial charge in [0.2, 0.25) is 0 Å². The summed E-state index contributed by atoms with van der Waals surface area (Å²) in [5.74, 6) is -0.741. The highest BCUT2D eigenvalue weighted by Gasteiger charge is 2.12. The van der Waals surface area contributed by atoms with Gasteiger partial charge < -0.3 is 10.1 Å². The van der Waals surface area contributed by atoms with Gasteiger partial charge >= 0.3 is 0 Å². The number of nitrogens with one attached hydrogen (secondary N) is 1. The summed E-state index contributed by atoms with van der Waals surface area (Å²) in [5.41, 5.74) is 0.453. The zero-order chi connectivity index (χ0) is 17.5. The number of nitro groups is 1. The first kappa shape index (κ1) is 17.1. The smallest absolute Gasteiger partial charge is 0.270 e. The Balaban J connectivity index is 1.90. The normalized spacial score (nSPS) is 10.0. The molecule has 0 saturated heterocycles. The van der Waals surface area contributed by atoms with Crippen LogP contribution >= 0.6 is 0 Å². The topological polar surface area (TPSA) is 98.5 Å². The lowest BCUT2D eigenvalue weighted by Gasteiger charge is -2.09. The van der Waals surface area contributed by atoms with Gasteiger partial charge in [-0.25, -0.2) is 4.39 Å². The van der Waals surface area contributed by atoms with Gasteiger partial charge in [-0.3, -0.25) is 19.7 Å². The van der Waals surface area contributed by atoms with E-state index < -0.39 is 10.8 Å². The van der Waals surface area contributed by atoms with E-state index in [1.54, 1.807) is 0 Å². The van der Waals surface area contributed by atoms with Crippen LogP contribution in [0.3, 0.4) is 0 Å². The van der Waals surface area contributed by atoms with E-state index in [1.807, 2.05) is 0 Å². The van der Waals surface area contributed by atoms with Crippen LogP contribution in [0.25, 0.3) is 0 Å². The van der Waals surface area contributed by atoms with Crippen LogP contribution in [0.2, 0.25) is 0 Å². The molecule has 2 rings (SSSR count). The Morgan fingerprint density at radius 3 is 2.58 bits per heavy atom. The second-order valence-corrected chi connectivity index (χ2v) is 4.79. The number of hydrogen-bond donors (Lipinski definition) is 1. The molecule has 0 aromatic heterocycles. The molecule has 0 aliphatic rings. The number of nitro benzene ring substituents is 1. The number of rotatable bonds is 7. The van der Waals surface area contributed by atoms with Crippen LogP contribution in [0.5, 0.6) is 5.75 Å². The lowest BCUT2D eigenvalue weighted by Crippen LogP contribution is -2.28. The number of carbonyl (C=O) groups is 2. The number of non-ortho nitro benzene ring substituents is 1. The van der Waals surface area contributed by atoms with Gasteiger partial charge in [0.15, 0.2) is 12.9 Å². The van der Waals surface area contributed by atoms with Crippen molar-refractivity contribution in [2.24, 2.45) is 0 Å². The average molecular weight is 332 g/mol. The molecule has 0 fully saturated rings. The number of aldehydes is 1. The molecule has 0 aliphatic heterocycles. The van der Waals surface area contributed by atoms with Crippen molar-refractivity contribution >= 4 is 17.9 Å². The number of benzene rings is 2. The van der Waals surface area contributed by atoms with E-state index in [9.17, 15) is 24.1 Å². The molecule has 2 aromatic carbocycles. The molecule has 124 valence electrons. The minimum absolute atomic E-state index is 0.0180. The van der Waals surface area contributed by atoms with Gasteiger partial charge in [-0.1, -0.05) is 12.1 Å². The standard InChI is InChI=1S/C16H13FN2O5/c17-13-3-1-11(2-4-13)8-18-16(21)10-24-15-6-5-14(19(22)23)7-12(15)9-20/h1-7,9H,8,10H2,(H,18,21). The fourth-order valence-electron chi connectivity index (χ4n) is 1.87. The highest BCUT2D eigenvalue weighted by atomic mass is 19.1. The third-order valence-electron chi connectivity index (χ3n) is 3.09. The van der Waals surface area contributed by atoms with Crippen LogP contribution in [0.15, 0.2) is 42.5 Å². The van der Waals surface area contributed by atoms with Crippen molar-refractivity contribution in [2.45, 2.75) is 6.54 Å². The predicted octanol–water partition coefficient (Wildman–Crippen LogP) is 2.24.